The number of nitrogens with zero attached hydrogens (tertiary/aromatic N) is 4. The van der Waals surface area contributed by atoms with Crippen LogP contribution in [0, 0.1) is 6.92 Å². The summed E-state index contributed by atoms with van der Waals surface area (Å²) in [6.45, 7) is 2.02. The molecule has 0 aliphatic carbocycles. The molecular weight excluding hydrogens is 292 g/mol. The zero-order valence-electron chi connectivity index (χ0n) is 11.3. The third-order valence-corrected chi connectivity index (χ3v) is 3.70. The highest BCUT2D eigenvalue weighted by Crippen LogP contribution is 2.24. The Morgan fingerprint density at radius 1 is 1.38 bits per heavy atom. The van der Waals surface area contributed by atoms with E-state index in [1.165, 1.54) is 16.9 Å². The maximum absolute atomic E-state index is 11.8. The predicted octanol–water partition coefficient (Wildman–Crippen LogP) is 1.59. The van der Waals surface area contributed by atoms with Gasteiger partial charge < -0.3 is 9.67 Å². The minimum absolute atomic E-state index is 0.234. The minimum Gasteiger partial charge on any atom is -0.386 e. The van der Waals surface area contributed by atoms with Crippen LogP contribution in [0.1, 0.15) is 17.4 Å². The topological polar surface area (TPSA) is 72.4 Å². The summed E-state index contributed by atoms with van der Waals surface area (Å²) >= 11 is 6.10. The molecule has 0 bridgehead atoms. The van der Waals surface area contributed by atoms with Crippen LogP contribution in [0.2, 0.25) is 5.02 Å². The number of hydrogen-bond donors (Lipinski definition) is 1. The molecule has 0 radical (unpaired) electrons. The van der Waals surface area contributed by atoms with Crippen LogP contribution in [0.15, 0.2) is 41.5 Å². The molecule has 6 nitrogen and oxygen atoms in total. The highest BCUT2D eigenvalue weighted by Gasteiger charge is 2.15. The van der Waals surface area contributed by atoms with Crippen molar-refractivity contribution in [1.29, 1.82) is 0 Å². The molecule has 21 heavy (non-hydrogen) atoms. The fraction of sp³-hybridized carbons (Fsp3) is 0.214. The molecule has 3 aromatic rings. The average Bonchev–Trinajstić information content (AvgIpc) is 2.93. The van der Waals surface area contributed by atoms with Gasteiger partial charge in [-0.1, -0.05) is 29.8 Å². The Bertz CT molecular complexity index is 856. The summed E-state index contributed by atoms with van der Waals surface area (Å²) in [5, 5.41) is 14.8. The highest BCUT2D eigenvalue weighted by atomic mass is 35.5. The number of aromatic nitrogens is 4. The van der Waals surface area contributed by atoms with Gasteiger partial charge in [0.15, 0.2) is 0 Å². The molecule has 0 spiro atoms. The quantitative estimate of drug-likeness (QED) is 0.797. The second-order valence-electron chi connectivity index (χ2n) is 4.74. The molecule has 0 fully saturated rings. The van der Waals surface area contributed by atoms with Crippen LogP contribution in [0.5, 0.6) is 0 Å². The minimum atomic E-state index is -0.805. The van der Waals surface area contributed by atoms with Gasteiger partial charge in [-0.25, -0.2) is 0 Å². The summed E-state index contributed by atoms with van der Waals surface area (Å²) in [4.78, 5) is 15.9. The van der Waals surface area contributed by atoms with Crippen molar-refractivity contribution in [2.45, 2.75) is 19.6 Å². The summed E-state index contributed by atoms with van der Waals surface area (Å²) in [5.74, 6) is 0.395. The Balaban J connectivity index is 2.04. The van der Waals surface area contributed by atoms with Gasteiger partial charge in [0, 0.05) is 22.3 Å². The number of halogens is 1. The van der Waals surface area contributed by atoms with Gasteiger partial charge in [-0.05, 0) is 13.0 Å². The first kappa shape index (κ1) is 13.8. The van der Waals surface area contributed by atoms with Crippen molar-refractivity contribution in [3.8, 4) is 0 Å². The molecule has 2 aromatic heterocycles. The molecule has 0 amide bonds. The smallest absolute Gasteiger partial charge is 0.275 e. The van der Waals surface area contributed by atoms with E-state index in [4.69, 9.17) is 11.6 Å². The van der Waals surface area contributed by atoms with E-state index in [1.54, 1.807) is 29.7 Å². The number of hydrogen-bond acceptors (Lipinski definition) is 4. The second kappa shape index (κ2) is 5.31. The van der Waals surface area contributed by atoms with Crippen LogP contribution < -0.4 is 5.56 Å². The molecule has 0 saturated heterocycles. The Labute approximate surface area is 125 Å². The largest absolute Gasteiger partial charge is 0.386 e. The van der Waals surface area contributed by atoms with Gasteiger partial charge in [-0.3, -0.25) is 4.79 Å². The number of aliphatic hydroxyl groups is 1. The first-order valence-corrected chi connectivity index (χ1v) is 6.78. The summed E-state index contributed by atoms with van der Waals surface area (Å²) in [6, 6.07) is 8.58. The van der Waals surface area contributed by atoms with Crippen LogP contribution in [0.25, 0.3) is 5.78 Å². The second-order valence-corrected chi connectivity index (χ2v) is 5.15. The fourth-order valence-electron chi connectivity index (χ4n) is 2.29. The van der Waals surface area contributed by atoms with Gasteiger partial charge in [0.25, 0.3) is 5.56 Å². The Kier molecular flexibility index (Phi) is 3.48. The van der Waals surface area contributed by atoms with Crippen molar-refractivity contribution in [2.24, 2.45) is 0 Å². The molecular formula is C14H13ClN4O2. The molecule has 1 atom stereocenters. The maximum atomic E-state index is 11.8. The van der Waals surface area contributed by atoms with E-state index in [-0.39, 0.29) is 12.1 Å². The molecule has 0 unspecified atom stereocenters. The van der Waals surface area contributed by atoms with Crippen molar-refractivity contribution >= 4 is 17.4 Å². The van der Waals surface area contributed by atoms with Gasteiger partial charge in [-0.2, -0.15) is 14.6 Å². The first-order valence-electron chi connectivity index (χ1n) is 6.40. The summed E-state index contributed by atoms with van der Waals surface area (Å²) in [5.41, 5.74) is 1.09. The van der Waals surface area contributed by atoms with Crippen molar-refractivity contribution in [3.05, 3.63) is 63.3 Å². The zero-order chi connectivity index (χ0) is 15.0. The first-order chi connectivity index (χ1) is 10.1. The summed E-state index contributed by atoms with van der Waals surface area (Å²) in [7, 11) is 0. The number of aryl methyl sites for hydroxylation is 1. The van der Waals surface area contributed by atoms with Crippen LogP contribution >= 0.6 is 11.6 Å². The van der Waals surface area contributed by atoms with Crippen LogP contribution in [-0.2, 0) is 6.54 Å². The van der Waals surface area contributed by atoms with Crippen LogP contribution in [0.3, 0.4) is 0 Å². The van der Waals surface area contributed by atoms with Crippen LogP contribution in [0.4, 0.5) is 0 Å². The summed E-state index contributed by atoms with van der Waals surface area (Å²) < 4.78 is 2.94. The Morgan fingerprint density at radius 2 is 2.14 bits per heavy atom. The normalized spacial score (nSPS) is 12.7. The van der Waals surface area contributed by atoms with E-state index >= 15 is 0 Å². The fourth-order valence-corrected chi connectivity index (χ4v) is 2.55. The number of fused-ring (bicyclic) bond motifs is 1. The molecule has 108 valence electrons. The average molecular weight is 305 g/mol. The van der Waals surface area contributed by atoms with E-state index in [1.807, 2.05) is 6.07 Å². The van der Waals surface area contributed by atoms with Gasteiger partial charge >= 0.3 is 0 Å². The van der Waals surface area contributed by atoms with Crippen molar-refractivity contribution in [3.63, 3.8) is 0 Å². The molecule has 2 heterocycles. The Hall–Kier alpha value is -2.18. The molecule has 1 aromatic carbocycles. The van der Waals surface area contributed by atoms with E-state index in [0.29, 0.717) is 22.1 Å². The predicted molar refractivity (Wildman–Crippen MR) is 78.4 cm³/mol. The monoisotopic (exact) mass is 304 g/mol. The third-order valence-electron chi connectivity index (χ3n) is 3.36. The molecule has 0 saturated carbocycles. The lowest BCUT2D eigenvalue weighted by Gasteiger charge is -2.17. The Morgan fingerprint density at radius 3 is 2.90 bits per heavy atom. The molecule has 0 aliphatic heterocycles. The van der Waals surface area contributed by atoms with Gasteiger partial charge in [0.2, 0.25) is 5.78 Å². The van der Waals surface area contributed by atoms with Crippen molar-refractivity contribution in [1.82, 2.24) is 19.2 Å². The molecule has 3 rings (SSSR count). The van der Waals surface area contributed by atoms with Gasteiger partial charge in [0.1, 0.15) is 6.33 Å². The van der Waals surface area contributed by atoms with E-state index in [0.717, 1.165) is 0 Å². The van der Waals surface area contributed by atoms with Crippen LogP contribution in [-0.4, -0.2) is 24.3 Å². The van der Waals surface area contributed by atoms with E-state index in [9.17, 15) is 9.90 Å². The molecule has 7 heteroatoms. The third kappa shape index (κ3) is 2.43. The lowest BCUT2D eigenvalue weighted by atomic mass is 10.1. The number of aliphatic hydroxyl groups excluding tert-OH is 1. The zero-order valence-corrected chi connectivity index (χ0v) is 12.0. The van der Waals surface area contributed by atoms with Crippen molar-refractivity contribution in [2.75, 3.05) is 0 Å². The maximum Gasteiger partial charge on any atom is 0.275 e. The molecule has 1 N–H and O–H groups in total. The molecule has 0 aliphatic rings. The number of rotatable bonds is 3. The SMILES string of the molecule is Cc1cc(=O)n2ncnc2n1C[C@@H](O)c1ccccc1Cl. The van der Waals surface area contributed by atoms with Gasteiger partial charge in [0.05, 0.1) is 12.6 Å². The lowest BCUT2D eigenvalue weighted by Crippen LogP contribution is -2.22. The standard InChI is InChI=1S/C14H13ClN4O2/c1-9-6-13(21)19-14(16-8-17-19)18(9)7-12(20)10-4-2-3-5-11(10)15/h2-6,8,12,20H,7H2,1H3/t12-/m1/s1. The van der Waals surface area contributed by atoms with E-state index < -0.39 is 6.10 Å². The van der Waals surface area contributed by atoms with Gasteiger partial charge in [-0.15, -0.1) is 0 Å². The number of benzene rings is 1. The summed E-state index contributed by atoms with van der Waals surface area (Å²) in [6.07, 6.45) is 0.509. The van der Waals surface area contributed by atoms with E-state index in [2.05, 4.69) is 10.1 Å². The lowest BCUT2D eigenvalue weighted by molar-refractivity contribution is 0.156. The highest BCUT2D eigenvalue weighted by molar-refractivity contribution is 6.31. The van der Waals surface area contributed by atoms with Crippen molar-refractivity contribution < 1.29 is 5.11 Å².